The summed E-state index contributed by atoms with van der Waals surface area (Å²) >= 11 is 0. The van der Waals surface area contributed by atoms with Crippen LogP contribution in [0.25, 0.3) is 11.1 Å². The first-order chi connectivity index (χ1) is 16.0. The van der Waals surface area contributed by atoms with E-state index in [0.717, 1.165) is 22.3 Å². The molecule has 4 rings (SSSR count). The van der Waals surface area contributed by atoms with E-state index in [1.807, 2.05) is 48.5 Å². The van der Waals surface area contributed by atoms with Crippen molar-refractivity contribution >= 4 is 18.0 Å². The SMILES string of the molecule is N#CC1CCN(C(=O)C(CCC(=O)O)NC(=O)OCC2c3ccccc3-c3ccccc32)C1. The second kappa shape index (κ2) is 9.74. The van der Waals surface area contributed by atoms with Crippen molar-refractivity contribution in [1.29, 1.82) is 5.26 Å². The number of carboxylic acids is 1. The molecule has 2 unspecified atom stereocenters. The number of nitrogens with zero attached hydrogens (tertiary/aromatic N) is 2. The number of benzene rings is 2. The van der Waals surface area contributed by atoms with E-state index < -0.39 is 18.1 Å². The van der Waals surface area contributed by atoms with E-state index in [1.165, 1.54) is 4.90 Å². The Hall–Kier alpha value is -3.86. The molecule has 1 heterocycles. The van der Waals surface area contributed by atoms with Gasteiger partial charge in [-0.15, -0.1) is 0 Å². The number of hydrogen-bond acceptors (Lipinski definition) is 5. The van der Waals surface area contributed by atoms with E-state index in [1.54, 1.807) is 0 Å². The van der Waals surface area contributed by atoms with E-state index in [-0.39, 0.29) is 43.7 Å². The van der Waals surface area contributed by atoms with Crippen LogP contribution in [0.3, 0.4) is 0 Å². The quantitative estimate of drug-likeness (QED) is 0.673. The van der Waals surface area contributed by atoms with Gasteiger partial charge in [-0.05, 0) is 35.1 Å². The van der Waals surface area contributed by atoms with Crippen molar-refractivity contribution in [3.63, 3.8) is 0 Å². The summed E-state index contributed by atoms with van der Waals surface area (Å²) in [6.45, 7) is 0.790. The fraction of sp³-hybridized carbons (Fsp3) is 0.360. The fourth-order valence-electron chi connectivity index (χ4n) is 4.59. The van der Waals surface area contributed by atoms with Crippen LogP contribution < -0.4 is 5.32 Å². The molecule has 0 bridgehead atoms. The summed E-state index contributed by atoms with van der Waals surface area (Å²) in [6, 6.07) is 17.1. The average Bonchev–Trinajstić information content (AvgIpc) is 3.43. The number of likely N-dealkylation sites (tertiary alicyclic amines) is 1. The van der Waals surface area contributed by atoms with Crippen LogP contribution in [-0.2, 0) is 14.3 Å². The molecule has 2 atom stereocenters. The molecule has 0 aromatic heterocycles. The topological polar surface area (TPSA) is 120 Å². The summed E-state index contributed by atoms with van der Waals surface area (Å²) in [7, 11) is 0. The number of alkyl carbamates (subject to hydrolysis) is 1. The first kappa shape index (κ1) is 22.3. The number of carbonyl (C=O) groups excluding carboxylic acids is 2. The van der Waals surface area contributed by atoms with Crippen LogP contribution in [0.2, 0.25) is 0 Å². The minimum Gasteiger partial charge on any atom is -0.481 e. The normalized spacial score (nSPS) is 17.5. The van der Waals surface area contributed by atoms with Crippen LogP contribution in [0.1, 0.15) is 36.3 Å². The zero-order valence-corrected chi connectivity index (χ0v) is 18.1. The van der Waals surface area contributed by atoms with Gasteiger partial charge < -0.3 is 20.1 Å². The third kappa shape index (κ3) is 4.82. The van der Waals surface area contributed by atoms with Crippen molar-refractivity contribution < 1.29 is 24.2 Å². The Bertz CT molecular complexity index is 1060. The molecule has 2 aromatic rings. The molecule has 1 aliphatic carbocycles. The maximum absolute atomic E-state index is 12.9. The first-order valence-electron chi connectivity index (χ1n) is 11.0. The third-order valence-electron chi connectivity index (χ3n) is 6.26. The molecule has 1 aliphatic heterocycles. The molecule has 8 nitrogen and oxygen atoms in total. The van der Waals surface area contributed by atoms with Crippen LogP contribution in [0.5, 0.6) is 0 Å². The number of amides is 2. The summed E-state index contributed by atoms with van der Waals surface area (Å²) in [5, 5.41) is 20.7. The molecular weight excluding hydrogens is 422 g/mol. The van der Waals surface area contributed by atoms with Crippen molar-refractivity contribution in [2.45, 2.75) is 31.2 Å². The van der Waals surface area contributed by atoms with Gasteiger partial charge in [0.1, 0.15) is 12.6 Å². The summed E-state index contributed by atoms with van der Waals surface area (Å²) < 4.78 is 5.51. The number of carboxylic acid groups (broad SMARTS) is 1. The van der Waals surface area contributed by atoms with E-state index in [4.69, 9.17) is 15.1 Å². The van der Waals surface area contributed by atoms with E-state index in [0.29, 0.717) is 13.0 Å². The van der Waals surface area contributed by atoms with Crippen LogP contribution >= 0.6 is 0 Å². The molecule has 1 fully saturated rings. The lowest BCUT2D eigenvalue weighted by Crippen LogP contribution is -2.48. The summed E-state index contributed by atoms with van der Waals surface area (Å²) in [4.78, 5) is 38.1. The highest BCUT2D eigenvalue weighted by Crippen LogP contribution is 2.44. The lowest BCUT2D eigenvalue weighted by atomic mass is 9.98. The highest BCUT2D eigenvalue weighted by atomic mass is 16.5. The highest BCUT2D eigenvalue weighted by molar-refractivity contribution is 5.86. The summed E-state index contributed by atoms with van der Waals surface area (Å²) in [6.07, 6.45) is -0.517. The van der Waals surface area contributed by atoms with Gasteiger partial charge in [0, 0.05) is 25.4 Å². The molecule has 2 amide bonds. The average molecular weight is 447 g/mol. The zero-order chi connectivity index (χ0) is 23.4. The van der Waals surface area contributed by atoms with Gasteiger partial charge in [-0.3, -0.25) is 9.59 Å². The number of rotatable bonds is 7. The molecule has 2 N–H and O–H groups in total. The molecule has 1 saturated heterocycles. The predicted octanol–water partition coefficient (Wildman–Crippen LogP) is 3.13. The van der Waals surface area contributed by atoms with E-state index >= 15 is 0 Å². The minimum atomic E-state index is -1.06. The number of hydrogen-bond donors (Lipinski definition) is 2. The summed E-state index contributed by atoms with van der Waals surface area (Å²) in [5.41, 5.74) is 4.37. The molecule has 33 heavy (non-hydrogen) atoms. The Morgan fingerprint density at radius 3 is 2.33 bits per heavy atom. The predicted molar refractivity (Wildman–Crippen MR) is 119 cm³/mol. The Kier molecular flexibility index (Phi) is 6.59. The van der Waals surface area contributed by atoms with Crippen LogP contribution in [-0.4, -0.2) is 53.7 Å². The lowest BCUT2D eigenvalue weighted by Gasteiger charge is -2.24. The highest BCUT2D eigenvalue weighted by Gasteiger charge is 2.33. The molecule has 0 saturated carbocycles. The fourth-order valence-corrected chi connectivity index (χ4v) is 4.59. The van der Waals surface area contributed by atoms with Gasteiger partial charge in [-0.1, -0.05) is 48.5 Å². The molecule has 2 aromatic carbocycles. The van der Waals surface area contributed by atoms with Crippen LogP contribution in [0, 0.1) is 17.2 Å². The van der Waals surface area contributed by atoms with Gasteiger partial charge in [-0.2, -0.15) is 5.26 Å². The number of aliphatic carboxylic acids is 1. The standard InChI is InChI=1S/C25H25N3O5/c26-13-16-11-12-28(14-16)24(31)22(9-10-23(29)30)27-25(32)33-15-21-19-7-3-1-5-17(19)18-6-2-4-8-20(18)21/h1-8,16,21-22H,9-12,14-15H2,(H,27,32)(H,29,30). The number of nitrogens with one attached hydrogen (secondary N) is 1. The third-order valence-corrected chi connectivity index (χ3v) is 6.26. The van der Waals surface area contributed by atoms with Gasteiger partial charge in [0.25, 0.3) is 0 Å². The number of ether oxygens (including phenoxy) is 1. The van der Waals surface area contributed by atoms with E-state index in [2.05, 4.69) is 11.4 Å². The summed E-state index contributed by atoms with van der Waals surface area (Å²) in [5.74, 6) is -1.81. The monoisotopic (exact) mass is 447 g/mol. The lowest BCUT2D eigenvalue weighted by molar-refractivity contribution is -0.137. The van der Waals surface area contributed by atoms with Crippen molar-refractivity contribution in [2.75, 3.05) is 19.7 Å². The first-order valence-corrected chi connectivity index (χ1v) is 11.0. The molecular formula is C25H25N3O5. The maximum atomic E-state index is 12.9. The Labute approximate surface area is 191 Å². The van der Waals surface area contributed by atoms with Crippen molar-refractivity contribution in [3.8, 4) is 17.2 Å². The smallest absolute Gasteiger partial charge is 0.407 e. The minimum absolute atomic E-state index is 0.0495. The van der Waals surface area contributed by atoms with Crippen molar-refractivity contribution in [3.05, 3.63) is 59.7 Å². The van der Waals surface area contributed by atoms with Gasteiger partial charge in [0.2, 0.25) is 5.91 Å². The van der Waals surface area contributed by atoms with E-state index in [9.17, 15) is 14.4 Å². The van der Waals surface area contributed by atoms with Crippen molar-refractivity contribution in [1.82, 2.24) is 10.2 Å². The molecule has 2 aliphatic rings. The van der Waals surface area contributed by atoms with Crippen molar-refractivity contribution in [2.24, 2.45) is 5.92 Å². The zero-order valence-electron chi connectivity index (χ0n) is 18.1. The maximum Gasteiger partial charge on any atom is 0.407 e. The molecule has 0 spiro atoms. The largest absolute Gasteiger partial charge is 0.481 e. The second-order valence-electron chi connectivity index (χ2n) is 8.35. The van der Waals surface area contributed by atoms with Crippen LogP contribution in [0.15, 0.2) is 48.5 Å². The van der Waals surface area contributed by atoms with Gasteiger partial charge in [-0.25, -0.2) is 4.79 Å². The van der Waals surface area contributed by atoms with Gasteiger partial charge in [0.05, 0.1) is 12.0 Å². The number of fused-ring (bicyclic) bond motifs is 3. The molecule has 8 heteroatoms. The Morgan fingerprint density at radius 1 is 1.12 bits per heavy atom. The van der Waals surface area contributed by atoms with Gasteiger partial charge >= 0.3 is 12.1 Å². The number of nitriles is 1. The Morgan fingerprint density at radius 2 is 1.76 bits per heavy atom. The van der Waals surface area contributed by atoms with Crippen LogP contribution in [0.4, 0.5) is 4.79 Å². The molecule has 0 radical (unpaired) electrons. The number of carbonyl (C=O) groups is 3. The molecule has 170 valence electrons. The second-order valence-corrected chi connectivity index (χ2v) is 8.35. The Balaban J connectivity index is 1.42. The van der Waals surface area contributed by atoms with Gasteiger partial charge in [0.15, 0.2) is 0 Å².